The summed E-state index contributed by atoms with van der Waals surface area (Å²) in [4.78, 5) is 26.8. The number of anilines is 1. The minimum absolute atomic E-state index is 0.0334. The van der Waals surface area contributed by atoms with Gasteiger partial charge in [-0.05, 0) is 61.4 Å². The number of carboxylic acids is 1. The smallest absolute Gasteiger partial charge is 0.323 e. The number of furan rings is 1. The van der Waals surface area contributed by atoms with Crippen LogP contribution in [-0.2, 0) is 21.4 Å². The zero-order chi connectivity index (χ0) is 25.9. The second-order valence-electron chi connectivity index (χ2n) is 8.12. The van der Waals surface area contributed by atoms with Crippen LogP contribution in [0.4, 0.5) is 5.69 Å². The fourth-order valence-corrected chi connectivity index (χ4v) is 5.46. The van der Waals surface area contributed by atoms with E-state index in [1.54, 1.807) is 44.2 Å². The predicted octanol–water partition coefficient (Wildman–Crippen LogP) is 3.29. The third-order valence-corrected chi connectivity index (χ3v) is 7.57. The highest BCUT2D eigenvalue weighted by Gasteiger charge is 2.42. The lowest BCUT2D eigenvalue weighted by Crippen LogP contribution is -2.50. The van der Waals surface area contributed by atoms with Gasteiger partial charge in [0.25, 0.3) is 5.91 Å². The van der Waals surface area contributed by atoms with Gasteiger partial charge in [-0.15, -0.1) is 5.92 Å². The molecule has 1 aliphatic rings. The third kappa shape index (κ3) is 4.98. The predicted molar refractivity (Wildman–Crippen MR) is 131 cm³/mol. The lowest BCUT2D eigenvalue weighted by atomic mass is 10.1. The second-order valence-corrected chi connectivity index (χ2v) is 10.0. The van der Waals surface area contributed by atoms with Gasteiger partial charge in [-0.3, -0.25) is 9.59 Å². The van der Waals surface area contributed by atoms with Gasteiger partial charge in [0.15, 0.2) is 5.76 Å². The van der Waals surface area contributed by atoms with Crippen LogP contribution >= 0.6 is 0 Å². The van der Waals surface area contributed by atoms with E-state index in [-0.39, 0.29) is 23.8 Å². The molecule has 0 bridgehead atoms. The molecule has 2 aromatic carbocycles. The molecule has 10 heteroatoms. The van der Waals surface area contributed by atoms with Crippen molar-refractivity contribution < 1.29 is 32.3 Å². The largest absolute Gasteiger partial charge is 0.481 e. The summed E-state index contributed by atoms with van der Waals surface area (Å²) in [5.41, 5.74) is 1.63. The Kier molecular flexibility index (Phi) is 7.15. The number of rotatable bonds is 6. The highest BCUT2D eigenvalue weighted by Crippen LogP contribution is 2.32. The number of amides is 1. The quantitative estimate of drug-likeness (QED) is 0.508. The molecule has 0 radical (unpaired) electrons. The summed E-state index contributed by atoms with van der Waals surface area (Å²) in [6.45, 7) is 2.97. The molecule has 1 N–H and O–H groups in total. The topological polar surface area (TPSA) is 117 Å². The van der Waals surface area contributed by atoms with Gasteiger partial charge in [-0.1, -0.05) is 24.1 Å². The van der Waals surface area contributed by atoms with Crippen molar-refractivity contribution in [1.29, 1.82) is 0 Å². The van der Waals surface area contributed by atoms with Crippen molar-refractivity contribution in [2.75, 3.05) is 18.1 Å². The normalized spacial score (nSPS) is 15.8. The Labute approximate surface area is 208 Å². The second kappa shape index (κ2) is 10.3. The zero-order valence-corrected chi connectivity index (χ0v) is 20.5. The van der Waals surface area contributed by atoms with Gasteiger partial charge in [0.05, 0.1) is 17.7 Å². The molecule has 1 atom stereocenters. The number of nitrogens with zero attached hydrogens (tertiary/aromatic N) is 2. The molecule has 0 fully saturated rings. The molecular weight excluding hydrogens is 484 g/mol. The number of ether oxygens (including phenoxy) is 1. The summed E-state index contributed by atoms with van der Waals surface area (Å²) in [5.74, 6) is 3.98. The Morgan fingerprint density at radius 1 is 1.17 bits per heavy atom. The summed E-state index contributed by atoms with van der Waals surface area (Å²) in [5, 5.41) is 10.1. The van der Waals surface area contributed by atoms with Crippen molar-refractivity contribution in [3.63, 3.8) is 0 Å². The average molecular weight is 509 g/mol. The van der Waals surface area contributed by atoms with Crippen LogP contribution in [0.2, 0.25) is 0 Å². The number of aryl methyl sites for hydroxylation is 1. The molecule has 1 aromatic heterocycles. The van der Waals surface area contributed by atoms with Crippen LogP contribution in [0.25, 0.3) is 0 Å². The molecule has 1 aliphatic heterocycles. The number of para-hydroxylation sites is 1. The Hall–Kier alpha value is -4.07. The van der Waals surface area contributed by atoms with Crippen LogP contribution < -0.4 is 9.64 Å². The molecule has 2 heterocycles. The van der Waals surface area contributed by atoms with Crippen LogP contribution in [0.3, 0.4) is 0 Å². The molecule has 0 saturated heterocycles. The highest BCUT2D eigenvalue weighted by molar-refractivity contribution is 7.89. The molecule has 0 saturated carbocycles. The number of benzene rings is 2. The molecule has 9 nitrogen and oxygen atoms in total. The highest BCUT2D eigenvalue weighted by atomic mass is 32.2. The van der Waals surface area contributed by atoms with Crippen molar-refractivity contribution >= 4 is 27.6 Å². The number of carbonyl (C=O) groups is 2. The summed E-state index contributed by atoms with van der Waals surface area (Å²) >= 11 is 0. The zero-order valence-electron chi connectivity index (χ0n) is 19.7. The Morgan fingerprint density at radius 2 is 1.89 bits per heavy atom. The summed E-state index contributed by atoms with van der Waals surface area (Å²) < 4.78 is 39.0. The summed E-state index contributed by atoms with van der Waals surface area (Å²) in [7, 11) is -4.27. The van der Waals surface area contributed by atoms with E-state index in [1.165, 1.54) is 35.4 Å². The Balaban J connectivity index is 1.73. The number of hydrogen-bond acceptors (Lipinski definition) is 6. The van der Waals surface area contributed by atoms with Crippen molar-refractivity contribution in [2.45, 2.75) is 31.3 Å². The van der Waals surface area contributed by atoms with Gasteiger partial charge < -0.3 is 19.2 Å². The Bertz CT molecular complexity index is 1450. The number of carboxylic acid groups (broad SMARTS) is 1. The van der Waals surface area contributed by atoms with Crippen LogP contribution in [0.1, 0.15) is 28.6 Å². The van der Waals surface area contributed by atoms with Crippen LogP contribution in [0.15, 0.2) is 70.2 Å². The maximum Gasteiger partial charge on any atom is 0.323 e. The fourth-order valence-electron chi connectivity index (χ4n) is 3.91. The van der Waals surface area contributed by atoms with Crippen LogP contribution in [0.5, 0.6) is 5.75 Å². The molecule has 4 rings (SSSR count). The first-order valence-corrected chi connectivity index (χ1v) is 12.5. The number of carbonyl (C=O) groups excluding carboxylic acids is 1. The van der Waals surface area contributed by atoms with Gasteiger partial charge in [-0.25, -0.2) is 8.42 Å². The molecule has 36 heavy (non-hydrogen) atoms. The van der Waals surface area contributed by atoms with E-state index in [2.05, 4.69) is 11.8 Å². The molecule has 186 valence electrons. The number of sulfonamides is 1. The first-order valence-electron chi connectivity index (χ1n) is 11.0. The first-order chi connectivity index (χ1) is 17.2. The van der Waals surface area contributed by atoms with E-state index < -0.39 is 34.5 Å². The van der Waals surface area contributed by atoms with Crippen molar-refractivity contribution in [3.8, 4) is 17.6 Å². The van der Waals surface area contributed by atoms with E-state index in [0.29, 0.717) is 17.0 Å². The monoisotopic (exact) mass is 508 g/mol. The van der Waals surface area contributed by atoms with E-state index in [1.807, 2.05) is 0 Å². The van der Waals surface area contributed by atoms with Gasteiger partial charge in [0.1, 0.15) is 18.4 Å². The number of hydrogen-bond donors (Lipinski definition) is 1. The van der Waals surface area contributed by atoms with E-state index in [9.17, 15) is 23.1 Å². The molecule has 0 aliphatic carbocycles. The maximum atomic E-state index is 13.7. The molecule has 0 spiro atoms. The lowest BCUT2D eigenvalue weighted by Gasteiger charge is -2.28. The van der Waals surface area contributed by atoms with Gasteiger partial charge in [0, 0.05) is 12.2 Å². The van der Waals surface area contributed by atoms with Crippen molar-refractivity contribution in [1.82, 2.24) is 4.31 Å². The SMILES string of the molecule is CC#CCOc1ccc(S(=O)(=O)N2Cc3ccccc3N(C(=O)c3cc(C)co3)CC2C(=O)O)cc1. The van der Waals surface area contributed by atoms with Gasteiger partial charge in [0.2, 0.25) is 10.0 Å². The van der Waals surface area contributed by atoms with E-state index >= 15 is 0 Å². The molecule has 3 aromatic rings. The number of aliphatic carboxylic acids is 1. The summed E-state index contributed by atoms with van der Waals surface area (Å²) in [6.07, 6.45) is 1.42. The first kappa shape index (κ1) is 25.0. The van der Waals surface area contributed by atoms with Crippen LogP contribution in [-0.4, -0.2) is 48.9 Å². The van der Waals surface area contributed by atoms with Crippen molar-refractivity contribution in [2.24, 2.45) is 0 Å². The minimum Gasteiger partial charge on any atom is -0.481 e. The van der Waals surface area contributed by atoms with Gasteiger partial charge in [-0.2, -0.15) is 4.31 Å². The number of fused-ring (bicyclic) bond motifs is 1. The fraction of sp³-hybridized carbons (Fsp3) is 0.231. The van der Waals surface area contributed by atoms with E-state index in [4.69, 9.17) is 9.15 Å². The van der Waals surface area contributed by atoms with Crippen molar-refractivity contribution in [3.05, 3.63) is 77.7 Å². The maximum absolute atomic E-state index is 13.7. The molecule has 1 amide bonds. The van der Waals surface area contributed by atoms with Gasteiger partial charge >= 0.3 is 5.97 Å². The summed E-state index contributed by atoms with van der Waals surface area (Å²) in [6, 6.07) is 12.4. The minimum atomic E-state index is -4.27. The lowest BCUT2D eigenvalue weighted by molar-refractivity contribution is -0.141. The van der Waals surface area contributed by atoms with E-state index in [0.717, 1.165) is 9.87 Å². The molecule has 1 unspecified atom stereocenters. The average Bonchev–Trinajstić information content (AvgIpc) is 3.21. The third-order valence-electron chi connectivity index (χ3n) is 5.70. The Morgan fingerprint density at radius 3 is 2.53 bits per heavy atom. The molecular formula is C26H24N2O7S. The standard InChI is InChI=1S/C26H24N2O7S/c1-3-4-13-34-20-9-11-21(12-10-20)36(32,33)28-15-19-7-5-6-8-22(19)27(16-23(28)26(30)31)25(29)24-14-18(2)17-35-24/h5-12,14,17,23H,13,15-16H2,1-2H3,(H,30,31). The van der Waals surface area contributed by atoms with Crippen LogP contribution in [0, 0.1) is 18.8 Å².